The average molecular weight is 431 g/mol. The molecule has 0 aliphatic heterocycles. The number of nitrogens with zero attached hydrogens (tertiary/aromatic N) is 4. The van der Waals surface area contributed by atoms with Crippen LogP contribution >= 0.6 is 0 Å². The summed E-state index contributed by atoms with van der Waals surface area (Å²) in [5.74, 6) is -4.27. The van der Waals surface area contributed by atoms with Crippen LogP contribution in [0.25, 0.3) is 0 Å². The summed E-state index contributed by atoms with van der Waals surface area (Å²) in [6, 6.07) is -1.44. The zero-order chi connectivity index (χ0) is 22.5. The summed E-state index contributed by atoms with van der Waals surface area (Å²) >= 11 is 0. The van der Waals surface area contributed by atoms with Crippen molar-refractivity contribution < 1.29 is 39.0 Å². The van der Waals surface area contributed by atoms with E-state index in [4.69, 9.17) is 10.2 Å². The van der Waals surface area contributed by atoms with E-state index in [-0.39, 0.29) is 17.9 Å². The first-order valence-electron chi connectivity index (χ1n) is 9.41. The van der Waals surface area contributed by atoms with Gasteiger partial charge in [0.25, 0.3) is 0 Å². The molecule has 0 radical (unpaired) electrons. The lowest BCUT2D eigenvalue weighted by Gasteiger charge is -2.17. The highest BCUT2D eigenvalue weighted by molar-refractivity contribution is 5.87. The Kier molecular flexibility index (Phi) is 11.0. The summed E-state index contributed by atoms with van der Waals surface area (Å²) in [6.45, 7) is -0.716. The van der Waals surface area contributed by atoms with Crippen LogP contribution in [0.3, 0.4) is 0 Å². The Bertz CT molecular complexity index is 727. The van der Waals surface area contributed by atoms with Gasteiger partial charge in [-0.2, -0.15) is 0 Å². The summed E-state index contributed by atoms with van der Waals surface area (Å²) in [5.41, 5.74) is 0.680. The predicted molar refractivity (Wildman–Crippen MR) is 98.1 cm³/mol. The third-order valence-electron chi connectivity index (χ3n) is 4.04. The minimum Gasteiger partial charge on any atom is -0.481 e. The molecule has 30 heavy (non-hydrogen) atoms. The van der Waals surface area contributed by atoms with Crippen molar-refractivity contribution in [2.45, 2.75) is 57.5 Å². The van der Waals surface area contributed by atoms with Gasteiger partial charge >= 0.3 is 11.9 Å². The van der Waals surface area contributed by atoms with Gasteiger partial charge in [0.2, 0.25) is 11.8 Å². The maximum absolute atomic E-state index is 12.1. The number of aromatic nitrogens is 3. The molecular weight excluding hydrogens is 405 g/mol. The summed E-state index contributed by atoms with van der Waals surface area (Å²) in [7, 11) is 0. The molecule has 13 heteroatoms. The second-order valence-electron chi connectivity index (χ2n) is 6.56. The van der Waals surface area contributed by atoms with Crippen molar-refractivity contribution in [1.29, 1.82) is 0 Å². The molecule has 0 bridgehead atoms. The minimum absolute atomic E-state index is 0.0471. The normalized spacial score (nSPS) is 11.7. The number of carbonyl (C=O) groups excluding carboxylic acids is 2. The maximum atomic E-state index is 12.1. The molecule has 2 amide bonds. The highest BCUT2D eigenvalue weighted by Gasteiger charge is 2.23. The van der Waals surface area contributed by atoms with E-state index in [1.165, 1.54) is 0 Å². The second-order valence-corrected chi connectivity index (χ2v) is 6.56. The van der Waals surface area contributed by atoms with Gasteiger partial charge in [0.1, 0.15) is 12.6 Å². The predicted octanol–water partition coefficient (Wildman–Crippen LogP) is 0.00250. The van der Waals surface area contributed by atoms with E-state index >= 15 is 0 Å². The zero-order valence-electron chi connectivity index (χ0n) is 16.4. The molecule has 1 aromatic heterocycles. The molecular formula is C17H26FN5O7. The number of carboxylic acid groups (broad SMARTS) is 2. The molecule has 0 aromatic carbocycles. The van der Waals surface area contributed by atoms with Gasteiger partial charge in [-0.25, -0.2) is 9.86 Å². The average Bonchev–Trinajstić information content (AvgIpc) is 3.13. The zero-order valence-corrected chi connectivity index (χ0v) is 16.4. The van der Waals surface area contributed by atoms with E-state index < -0.39 is 49.4 Å². The number of alkyl halides is 1. The van der Waals surface area contributed by atoms with Crippen molar-refractivity contribution in [2.24, 2.45) is 0 Å². The van der Waals surface area contributed by atoms with Crippen molar-refractivity contribution in [3.63, 3.8) is 0 Å². The Morgan fingerprint density at radius 2 is 1.90 bits per heavy atom. The summed E-state index contributed by atoms with van der Waals surface area (Å²) in [4.78, 5) is 45.2. The molecule has 1 heterocycles. The van der Waals surface area contributed by atoms with Crippen LogP contribution in [0.1, 0.15) is 44.2 Å². The van der Waals surface area contributed by atoms with E-state index in [2.05, 4.69) is 15.6 Å². The Balaban J connectivity index is 2.31. The van der Waals surface area contributed by atoms with Crippen molar-refractivity contribution in [3.05, 3.63) is 11.9 Å². The molecule has 0 spiro atoms. The van der Waals surface area contributed by atoms with E-state index in [1.54, 1.807) is 10.9 Å². The van der Waals surface area contributed by atoms with E-state index in [0.29, 0.717) is 37.9 Å². The summed E-state index contributed by atoms with van der Waals surface area (Å²) in [6.07, 6.45) is 2.69. The first-order chi connectivity index (χ1) is 14.2. The van der Waals surface area contributed by atoms with E-state index in [0.717, 1.165) is 0 Å². The van der Waals surface area contributed by atoms with Gasteiger partial charge < -0.3 is 15.5 Å². The Morgan fingerprint density at radius 3 is 2.53 bits per heavy atom. The van der Waals surface area contributed by atoms with Gasteiger partial charge in [0, 0.05) is 25.6 Å². The lowest BCUT2D eigenvalue weighted by atomic mass is 10.1. The van der Waals surface area contributed by atoms with Crippen molar-refractivity contribution in [3.8, 4) is 0 Å². The molecule has 0 aliphatic rings. The topological polar surface area (TPSA) is 175 Å². The second kappa shape index (κ2) is 13.2. The van der Waals surface area contributed by atoms with Crippen LogP contribution in [0.15, 0.2) is 6.20 Å². The monoisotopic (exact) mass is 431 g/mol. The largest absolute Gasteiger partial charge is 0.481 e. The molecule has 1 rings (SSSR count). The number of nitrogens with one attached hydrogen (secondary N) is 1. The third-order valence-corrected chi connectivity index (χ3v) is 4.04. The minimum atomic E-state index is -1.44. The molecule has 0 saturated carbocycles. The van der Waals surface area contributed by atoms with Gasteiger partial charge in [-0.15, -0.1) is 5.10 Å². The van der Waals surface area contributed by atoms with Crippen LogP contribution in [-0.2, 0) is 32.1 Å². The van der Waals surface area contributed by atoms with Crippen LogP contribution in [0.2, 0.25) is 0 Å². The Morgan fingerprint density at radius 1 is 1.17 bits per heavy atom. The molecule has 1 unspecified atom stereocenters. The summed E-state index contributed by atoms with van der Waals surface area (Å²) in [5, 5.41) is 37.3. The fraction of sp³-hybridized carbons (Fsp3) is 0.647. The molecule has 1 aromatic rings. The van der Waals surface area contributed by atoms with Gasteiger partial charge in [-0.05, 0) is 32.1 Å². The number of hydrogen-bond donors (Lipinski definition) is 4. The fourth-order valence-electron chi connectivity index (χ4n) is 2.48. The van der Waals surface area contributed by atoms with Crippen LogP contribution < -0.4 is 5.32 Å². The number of hydroxylamine groups is 2. The van der Waals surface area contributed by atoms with Crippen molar-refractivity contribution in [1.82, 2.24) is 25.4 Å². The molecule has 12 nitrogen and oxygen atoms in total. The number of carbonyl (C=O) groups is 4. The molecule has 0 saturated heterocycles. The van der Waals surface area contributed by atoms with Gasteiger partial charge in [0.05, 0.1) is 12.4 Å². The van der Waals surface area contributed by atoms with Gasteiger partial charge in [-0.3, -0.25) is 28.7 Å². The molecule has 0 aliphatic carbocycles. The Hall–Kier alpha value is -3.09. The molecule has 4 N–H and O–H groups in total. The van der Waals surface area contributed by atoms with Crippen LogP contribution in [0.4, 0.5) is 4.39 Å². The lowest BCUT2D eigenvalue weighted by molar-refractivity contribution is -0.169. The number of unbranched alkanes of at least 4 members (excludes halogenated alkanes) is 1. The first kappa shape index (κ1) is 24.9. The third kappa shape index (κ3) is 9.91. The van der Waals surface area contributed by atoms with Crippen LogP contribution in [0.5, 0.6) is 0 Å². The van der Waals surface area contributed by atoms with E-state index in [9.17, 15) is 28.8 Å². The number of aryl methyl sites for hydroxylation is 2. The quantitative estimate of drug-likeness (QED) is 0.169. The van der Waals surface area contributed by atoms with Crippen molar-refractivity contribution >= 4 is 23.8 Å². The number of hydrogen-bond acceptors (Lipinski definition) is 7. The SMILES string of the molecule is O=C(O)CCC(NC(=O)CN(O)C(=O)CCCCn1cc(CCCF)nn1)C(=O)O. The Labute approximate surface area is 171 Å². The first-order valence-corrected chi connectivity index (χ1v) is 9.41. The number of aliphatic carboxylic acids is 2. The molecule has 1 atom stereocenters. The maximum Gasteiger partial charge on any atom is 0.326 e. The van der Waals surface area contributed by atoms with Crippen LogP contribution in [-0.4, -0.2) is 78.5 Å². The lowest BCUT2D eigenvalue weighted by Crippen LogP contribution is -2.46. The molecule has 168 valence electrons. The number of carboxylic acids is 2. The highest BCUT2D eigenvalue weighted by atomic mass is 19.1. The highest BCUT2D eigenvalue weighted by Crippen LogP contribution is 2.04. The van der Waals surface area contributed by atoms with Crippen molar-refractivity contribution in [2.75, 3.05) is 13.2 Å². The number of amides is 2. The number of rotatable bonds is 15. The van der Waals surface area contributed by atoms with Crippen LogP contribution in [0, 0.1) is 0 Å². The van der Waals surface area contributed by atoms with Gasteiger partial charge in [-0.1, -0.05) is 5.21 Å². The smallest absolute Gasteiger partial charge is 0.326 e. The summed E-state index contributed by atoms with van der Waals surface area (Å²) < 4.78 is 13.7. The van der Waals surface area contributed by atoms with Gasteiger partial charge in [0.15, 0.2) is 0 Å². The fourth-order valence-corrected chi connectivity index (χ4v) is 2.48. The van der Waals surface area contributed by atoms with E-state index in [1.807, 2.05) is 0 Å². The molecule has 0 fully saturated rings. The number of halogens is 1. The standard InChI is InChI=1S/C17H26FN5O7/c18-8-3-4-12-10-22(21-20-12)9-2-1-5-15(25)23(30)11-14(24)19-13(17(28)29)6-7-16(26)27/h10,13,30H,1-9,11H2,(H,19,24)(H,26,27)(H,28,29).